The Morgan fingerprint density at radius 2 is 1.75 bits per heavy atom. The molecule has 24 heavy (non-hydrogen) atoms. The van der Waals surface area contributed by atoms with Gasteiger partial charge in [-0.05, 0) is 23.8 Å². The highest BCUT2D eigenvalue weighted by Crippen LogP contribution is 2.13. The van der Waals surface area contributed by atoms with Crippen LogP contribution in [0.15, 0.2) is 38.6 Å². The standard InChI is InChI=1S/C16H14N4O4/c1-20-13-12(15(22)19-16(20)23)17-11(14(21)18-13)8-5-9-3-6-10(24-2)7-4-9/h3-8H,1-2H3,(H,18,21)(H,19,22,23). The number of H-pyrrole nitrogens is 2. The summed E-state index contributed by atoms with van der Waals surface area (Å²) in [5, 5.41) is 0. The van der Waals surface area contributed by atoms with E-state index in [1.807, 2.05) is 12.1 Å². The van der Waals surface area contributed by atoms with Crippen molar-refractivity contribution in [2.24, 2.45) is 7.05 Å². The molecular formula is C16H14N4O4. The fourth-order valence-electron chi connectivity index (χ4n) is 2.20. The van der Waals surface area contributed by atoms with Crippen molar-refractivity contribution in [3.05, 3.63) is 66.7 Å². The van der Waals surface area contributed by atoms with E-state index in [-0.39, 0.29) is 16.9 Å². The number of aromatic nitrogens is 4. The number of ether oxygens (including phenoxy) is 1. The van der Waals surface area contributed by atoms with Crippen LogP contribution in [0.2, 0.25) is 0 Å². The summed E-state index contributed by atoms with van der Waals surface area (Å²) in [6.07, 6.45) is 3.20. The maximum Gasteiger partial charge on any atom is 0.329 e. The van der Waals surface area contributed by atoms with E-state index in [2.05, 4.69) is 15.0 Å². The third-order valence-electron chi connectivity index (χ3n) is 3.55. The number of aromatic amines is 2. The number of nitrogens with one attached hydrogen (secondary N) is 2. The average molecular weight is 326 g/mol. The Labute approximate surface area is 135 Å². The predicted molar refractivity (Wildman–Crippen MR) is 90.1 cm³/mol. The molecule has 8 heteroatoms. The smallest absolute Gasteiger partial charge is 0.329 e. The molecule has 0 fully saturated rings. The summed E-state index contributed by atoms with van der Waals surface area (Å²) in [6, 6.07) is 7.22. The SMILES string of the molecule is COc1ccc(C=Cc2nc3c(=O)[nH]c(=O)n(C)c3[nH]c2=O)cc1. The Morgan fingerprint density at radius 1 is 1.04 bits per heavy atom. The zero-order valence-electron chi connectivity index (χ0n) is 13.0. The molecule has 0 saturated heterocycles. The van der Waals surface area contributed by atoms with Crippen molar-refractivity contribution in [3.8, 4) is 5.75 Å². The van der Waals surface area contributed by atoms with Crippen LogP contribution in [-0.2, 0) is 7.05 Å². The largest absolute Gasteiger partial charge is 0.497 e. The number of nitrogens with zero attached hydrogens (tertiary/aromatic N) is 2. The molecule has 2 heterocycles. The van der Waals surface area contributed by atoms with Crippen LogP contribution in [0.3, 0.4) is 0 Å². The molecule has 0 spiro atoms. The van der Waals surface area contributed by atoms with E-state index in [0.717, 1.165) is 15.9 Å². The van der Waals surface area contributed by atoms with E-state index in [1.54, 1.807) is 25.3 Å². The van der Waals surface area contributed by atoms with Gasteiger partial charge >= 0.3 is 5.69 Å². The summed E-state index contributed by atoms with van der Waals surface area (Å²) in [5.74, 6) is 0.723. The van der Waals surface area contributed by atoms with Gasteiger partial charge in [0.15, 0.2) is 5.52 Å². The number of rotatable bonds is 3. The first-order valence-electron chi connectivity index (χ1n) is 7.05. The number of hydrogen-bond acceptors (Lipinski definition) is 5. The van der Waals surface area contributed by atoms with Crippen LogP contribution >= 0.6 is 0 Å². The van der Waals surface area contributed by atoms with E-state index in [9.17, 15) is 14.4 Å². The third-order valence-corrected chi connectivity index (χ3v) is 3.55. The van der Waals surface area contributed by atoms with Gasteiger partial charge in [-0.2, -0.15) is 0 Å². The van der Waals surface area contributed by atoms with Crippen LogP contribution in [0, 0.1) is 0 Å². The molecule has 3 rings (SSSR count). The van der Waals surface area contributed by atoms with Crippen molar-refractivity contribution in [2.45, 2.75) is 0 Å². The summed E-state index contributed by atoms with van der Waals surface area (Å²) in [6.45, 7) is 0. The Morgan fingerprint density at radius 3 is 2.42 bits per heavy atom. The van der Waals surface area contributed by atoms with Crippen LogP contribution < -0.4 is 21.5 Å². The maximum atomic E-state index is 12.1. The minimum Gasteiger partial charge on any atom is -0.497 e. The highest BCUT2D eigenvalue weighted by atomic mass is 16.5. The van der Waals surface area contributed by atoms with Gasteiger partial charge in [-0.1, -0.05) is 18.2 Å². The lowest BCUT2D eigenvalue weighted by atomic mass is 10.2. The Balaban J connectivity index is 2.08. The van der Waals surface area contributed by atoms with Crippen molar-refractivity contribution in [1.29, 1.82) is 0 Å². The van der Waals surface area contributed by atoms with E-state index in [4.69, 9.17) is 4.74 Å². The number of aryl methyl sites for hydroxylation is 1. The molecule has 0 aliphatic rings. The number of fused-ring (bicyclic) bond motifs is 1. The fourth-order valence-corrected chi connectivity index (χ4v) is 2.20. The first-order chi connectivity index (χ1) is 11.5. The van der Waals surface area contributed by atoms with E-state index >= 15 is 0 Å². The number of hydrogen-bond donors (Lipinski definition) is 2. The van der Waals surface area contributed by atoms with Crippen molar-refractivity contribution >= 4 is 23.3 Å². The van der Waals surface area contributed by atoms with Gasteiger partial charge in [-0.25, -0.2) is 9.78 Å². The van der Waals surface area contributed by atoms with Crippen molar-refractivity contribution < 1.29 is 4.74 Å². The zero-order valence-corrected chi connectivity index (χ0v) is 13.0. The molecule has 0 atom stereocenters. The molecule has 3 aromatic rings. The molecule has 2 aromatic heterocycles. The highest BCUT2D eigenvalue weighted by Gasteiger charge is 2.09. The number of methoxy groups -OCH3 is 1. The van der Waals surface area contributed by atoms with Crippen LogP contribution in [0.25, 0.3) is 23.3 Å². The number of benzene rings is 1. The molecule has 0 unspecified atom stereocenters. The normalized spacial score (nSPS) is 11.2. The van der Waals surface area contributed by atoms with Gasteiger partial charge < -0.3 is 9.72 Å². The van der Waals surface area contributed by atoms with E-state index in [0.29, 0.717) is 0 Å². The van der Waals surface area contributed by atoms with E-state index < -0.39 is 16.8 Å². The van der Waals surface area contributed by atoms with Gasteiger partial charge in [0.2, 0.25) is 0 Å². The van der Waals surface area contributed by atoms with Crippen molar-refractivity contribution in [3.63, 3.8) is 0 Å². The molecule has 1 aromatic carbocycles. The lowest BCUT2D eigenvalue weighted by Crippen LogP contribution is -2.31. The van der Waals surface area contributed by atoms with Gasteiger partial charge in [0.05, 0.1) is 7.11 Å². The first kappa shape index (κ1) is 15.5. The van der Waals surface area contributed by atoms with E-state index in [1.165, 1.54) is 13.1 Å². The van der Waals surface area contributed by atoms with Gasteiger partial charge in [-0.3, -0.25) is 19.1 Å². The van der Waals surface area contributed by atoms with Gasteiger partial charge in [0.1, 0.15) is 17.1 Å². The molecule has 2 N–H and O–H groups in total. The summed E-state index contributed by atoms with van der Waals surface area (Å²) in [7, 11) is 3.01. The molecule has 0 aliphatic heterocycles. The minimum atomic E-state index is -0.650. The second-order valence-electron chi connectivity index (χ2n) is 5.07. The quantitative estimate of drug-likeness (QED) is 0.728. The Kier molecular flexibility index (Phi) is 3.87. The van der Waals surface area contributed by atoms with Crippen LogP contribution in [-0.4, -0.2) is 26.6 Å². The molecule has 122 valence electrons. The van der Waals surface area contributed by atoms with Gasteiger partial charge in [0, 0.05) is 7.05 Å². The van der Waals surface area contributed by atoms with Gasteiger partial charge in [0.25, 0.3) is 11.1 Å². The zero-order chi connectivity index (χ0) is 17.3. The Bertz CT molecular complexity index is 1100. The minimum absolute atomic E-state index is 0.00826. The lowest BCUT2D eigenvalue weighted by Gasteiger charge is -2.03. The van der Waals surface area contributed by atoms with Crippen LogP contribution in [0.5, 0.6) is 5.75 Å². The molecule has 0 saturated carbocycles. The predicted octanol–water partition coefficient (Wildman–Crippen LogP) is 0.489. The summed E-state index contributed by atoms with van der Waals surface area (Å²) < 4.78 is 6.20. The molecule has 0 aliphatic carbocycles. The lowest BCUT2D eigenvalue weighted by molar-refractivity contribution is 0.415. The first-order valence-corrected chi connectivity index (χ1v) is 7.05. The summed E-state index contributed by atoms with van der Waals surface area (Å²) in [5.41, 5.74) is -0.779. The summed E-state index contributed by atoms with van der Waals surface area (Å²) >= 11 is 0. The average Bonchev–Trinajstić information content (AvgIpc) is 2.59. The van der Waals surface area contributed by atoms with Crippen molar-refractivity contribution in [1.82, 2.24) is 19.5 Å². The van der Waals surface area contributed by atoms with Crippen LogP contribution in [0.1, 0.15) is 11.3 Å². The molecular weight excluding hydrogens is 312 g/mol. The highest BCUT2D eigenvalue weighted by molar-refractivity contribution is 5.73. The molecule has 0 bridgehead atoms. The molecule has 0 amide bonds. The van der Waals surface area contributed by atoms with Crippen molar-refractivity contribution in [2.75, 3.05) is 7.11 Å². The second-order valence-corrected chi connectivity index (χ2v) is 5.07. The topological polar surface area (TPSA) is 110 Å². The summed E-state index contributed by atoms with van der Waals surface area (Å²) in [4.78, 5) is 44.3. The van der Waals surface area contributed by atoms with Crippen LogP contribution in [0.4, 0.5) is 0 Å². The fraction of sp³-hybridized carbons (Fsp3) is 0.125. The van der Waals surface area contributed by atoms with Gasteiger partial charge in [-0.15, -0.1) is 0 Å². The Hall–Kier alpha value is -3.42. The maximum absolute atomic E-state index is 12.1. The molecule has 8 nitrogen and oxygen atoms in total. The third kappa shape index (κ3) is 2.76. The monoisotopic (exact) mass is 326 g/mol. The second kappa shape index (κ2) is 5.99. The molecule has 0 radical (unpaired) electrons.